The molecule has 6 nitrogen and oxygen atoms in total. The average molecular weight is 175 g/mol. The summed E-state index contributed by atoms with van der Waals surface area (Å²) in [6.07, 6.45) is -0.0685. The zero-order chi connectivity index (χ0) is 9.56. The molecule has 0 aromatic rings. The first-order valence-electron chi connectivity index (χ1n) is 3.19. The first kappa shape index (κ1) is 10.6. The number of rotatable bonds is 6. The van der Waals surface area contributed by atoms with Gasteiger partial charge in [-0.3, -0.25) is 14.9 Å². The molecule has 1 unspecified atom stereocenters. The van der Waals surface area contributed by atoms with E-state index in [0.717, 1.165) is 0 Å². The Labute approximate surface area is 68.2 Å². The Hall–Kier alpha value is -1.43. The van der Waals surface area contributed by atoms with E-state index in [2.05, 4.69) is 5.32 Å². The number of carbonyl (C=O) groups excluding carboxylic acids is 1. The molecule has 1 atom stereocenters. The van der Waals surface area contributed by atoms with Crippen molar-refractivity contribution in [3.63, 3.8) is 0 Å². The standard InChI is InChI=1S/C6H9NO5/c8-2-1-7-4(6(11)12)3-5(9)10/h2,4,7H,1,3H2,(H,9,10)(H,11,12). The molecule has 0 rings (SSSR count). The van der Waals surface area contributed by atoms with Gasteiger partial charge >= 0.3 is 11.9 Å². The molecular weight excluding hydrogens is 166 g/mol. The van der Waals surface area contributed by atoms with E-state index in [0.29, 0.717) is 6.29 Å². The van der Waals surface area contributed by atoms with Crippen LogP contribution >= 0.6 is 0 Å². The van der Waals surface area contributed by atoms with Gasteiger partial charge in [0.05, 0.1) is 13.0 Å². The van der Waals surface area contributed by atoms with Crippen LogP contribution in [0.4, 0.5) is 0 Å². The largest absolute Gasteiger partial charge is 0.481 e. The van der Waals surface area contributed by atoms with E-state index in [1.807, 2.05) is 0 Å². The van der Waals surface area contributed by atoms with Crippen molar-refractivity contribution >= 4 is 18.2 Å². The lowest BCUT2D eigenvalue weighted by molar-refractivity contribution is -0.146. The van der Waals surface area contributed by atoms with Crippen LogP contribution in [0.25, 0.3) is 0 Å². The van der Waals surface area contributed by atoms with Crippen molar-refractivity contribution in [2.75, 3.05) is 6.54 Å². The SMILES string of the molecule is O=CCNC(CC(=O)O)C(=O)O. The van der Waals surface area contributed by atoms with Gasteiger partial charge in [-0.25, -0.2) is 0 Å². The molecule has 0 aliphatic carbocycles. The van der Waals surface area contributed by atoms with Crippen molar-refractivity contribution in [3.05, 3.63) is 0 Å². The molecule has 0 saturated carbocycles. The molecule has 0 aliphatic rings. The first-order chi connectivity index (χ1) is 5.57. The van der Waals surface area contributed by atoms with Gasteiger partial charge in [-0.05, 0) is 0 Å². The summed E-state index contributed by atoms with van der Waals surface area (Å²) < 4.78 is 0. The molecule has 0 bridgehead atoms. The summed E-state index contributed by atoms with van der Waals surface area (Å²) in [4.78, 5) is 30.2. The molecule has 3 N–H and O–H groups in total. The Kier molecular flexibility index (Phi) is 4.62. The second kappa shape index (κ2) is 5.25. The Balaban J connectivity index is 3.94. The van der Waals surface area contributed by atoms with Crippen LogP contribution in [0.15, 0.2) is 0 Å². The number of aliphatic carboxylic acids is 2. The van der Waals surface area contributed by atoms with Crippen LogP contribution in [0, 0.1) is 0 Å². The number of hydrogen-bond donors (Lipinski definition) is 3. The summed E-state index contributed by atoms with van der Waals surface area (Å²) in [5.74, 6) is -2.50. The van der Waals surface area contributed by atoms with Gasteiger partial charge in [-0.2, -0.15) is 0 Å². The van der Waals surface area contributed by atoms with Gasteiger partial charge < -0.3 is 15.0 Å². The van der Waals surface area contributed by atoms with Crippen molar-refractivity contribution in [3.8, 4) is 0 Å². The topological polar surface area (TPSA) is 104 Å². The van der Waals surface area contributed by atoms with Gasteiger partial charge in [0.25, 0.3) is 0 Å². The van der Waals surface area contributed by atoms with Crippen LogP contribution in [-0.2, 0) is 14.4 Å². The zero-order valence-corrected chi connectivity index (χ0v) is 6.19. The summed E-state index contributed by atoms with van der Waals surface area (Å²) in [7, 11) is 0. The summed E-state index contributed by atoms with van der Waals surface area (Å²) >= 11 is 0. The molecule has 0 aromatic heterocycles. The third-order valence-corrected chi connectivity index (χ3v) is 1.12. The molecule has 6 heteroatoms. The van der Waals surface area contributed by atoms with Crippen LogP contribution in [0.2, 0.25) is 0 Å². The van der Waals surface area contributed by atoms with E-state index >= 15 is 0 Å². The predicted molar refractivity (Wildman–Crippen MR) is 37.7 cm³/mol. The van der Waals surface area contributed by atoms with E-state index < -0.39 is 24.4 Å². The third kappa shape index (κ3) is 4.40. The second-order valence-corrected chi connectivity index (χ2v) is 2.06. The first-order valence-corrected chi connectivity index (χ1v) is 3.19. The minimum Gasteiger partial charge on any atom is -0.481 e. The lowest BCUT2D eigenvalue weighted by atomic mass is 10.2. The molecule has 0 aromatic carbocycles. The predicted octanol–water partition coefficient (Wildman–Crippen LogP) is -1.30. The fourth-order valence-electron chi connectivity index (χ4n) is 0.612. The fraction of sp³-hybridized carbons (Fsp3) is 0.500. The van der Waals surface area contributed by atoms with Crippen molar-refractivity contribution in [1.29, 1.82) is 0 Å². The average Bonchev–Trinajstić information content (AvgIpc) is 1.96. The molecule has 0 heterocycles. The van der Waals surface area contributed by atoms with Gasteiger partial charge in [0, 0.05) is 0 Å². The second-order valence-electron chi connectivity index (χ2n) is 2.06. The third-order valence-electron chi connectivity index (χ3n) is 1.12. The fourth-order valence-corrected chi connectivity index (χ4v) is 0.612. The number of carbonyl (C=O) groups is 3. The number of hydrogen-bond acceptors (Lipinski definition) is 4. The van der Waals surface area contributed by atoms with E-state index in [-0.39, 0.29) is 6.54 Å². The highest BCUT2D eigenvalue weighted by Gasteiger charge is 2.19. The van der Waals surface area contributed by atoms with Crippen molar-refractivity contribution < 1.29 is 24.6 Å². The Bertz CT molecular complexity index is 190. The molecule has 0 aliphatic heterocycles. The van der Waals surface area contributed by atoms with E-state index in [9.17, 15) is 14.4 Å². The highest BCUT2D eigenvalue weighted by Crippen LogP contribution is 1.91. The highest BCUT2D eigenvalue weighted by molar-refractivity contribution is 5.80. The number of carboxylic acid groups (broad SMARTS) is 2. The summed E-state index contributed by atoms with van der Waals surface area (Å²) in [6, 6.07) is -1.20. The smallest absolute Gasteiger partial charge is 0.321 e. The number of carboxylic acids is 2. The van der Waals surface area contributed by atoms with Crippen LogP contribution < -0.4 is 5.32 Å². The summed E-state index contributed by atoms with van der Waals surface area (Å²) in [5, 5.41) is 18.9. The van der Waals surface area contributed by atoms with E-state index in [1.165, 1.54) is 0 Å². The summed E-state index contributed by atoms with van der Waals surface area (Å²) in [5.41, 5.74) is 0. The van der Waals surface area contributed by atoms with E-state index in [1.54, 1.807) is 0 Å². The van der Waals surface area contributed by atoms with Crippen LogP contribution in [0.5, 0.6) is 0 Å². The molecule has 0 amide bonds. The number of nitrogens with one attached hydrogen (secondary N) is 1. The van der Waals surface area contributed by atoms with Crippen molar-refractivity contribution in [2.45, 2.75) is 12.5 Å². The minimum atomic E-state index is -1.28. The highest BCUT2D eigenvalue weighted by atomic mass is 16.4. The van der Waals surface area contributed by atoms with Gasteiger partial charge in [0.15, 0.2) is 0 Å². The molecular formula is C6H9NO5. The minimum absolute atomic E-state index is 0.162. The van der Waals surface area contributed by atoms with Crippen molar-refractivity contribution in [2.24, 2.45) is 0 Å². The maximum absolute atomic E-state index is 10.3. The Morgan fingerprint density at radius 3 is 2.33 bits per heavy atom. The molecule has 0 fully saturated rings. The molecule has 0 spiro atoms. The van der Waals surface area contributed by atoms with Crippen LogP contribution in [0.3, 0.4) is 0 Å². The number of aldehydes is 1. The van der Waals surface area contributed by atoms with Crippen LogP contribution in [-0.4, -0.2) is 41.0 Å². The van der Waals surface area contributed by atoms with Crippen LogP contribution in [0.1, 0.15) is 6.42 Å². The lowest BCUT2D eigenvalue weighted by Gasteiger charge is -2.08. The molecule has 12 heavy (non-hydrogen) atoms. The molecule has 0 saturated heterocycles. The Morgan fingerprint density at radius 2 is 2.00 bits per heavy atom. The maximum atomic E-state index is 10.3. The zero-order valence-electron chi connectivity index (χ0n) is 6.19. The summed E-state index contributed by atoms with van der Waals surface area (Å²) in [6.45, 7) is -0.162. The van der Waals surface area contributed by atoms with Gasteiger partial charge in [-0.1, -0.05) is 0 Å². The molecule has 68 valence electrons. The van der Waals surface area contributed by atoms with Gasteiger partial charge in [-0.15, -0.1) is 0 Å². The maximum Gasteiger partial charge on any atom is 0.321 e. The molecule has 0 radical (unpaired) electrons. The normalized spacial score (nSPS) is 12.0. The Morgan fingerprint density at radius 1 is 1.42 bits per heavy atom. The van der Waals surface area contributed by atoms with Gasteiger partial charge in [0.1, 0.15) is 12.3 Å². The monoisotopic (exact) mass is 175 g/mol. The van der Waals surface area contributed by atoms with Crippen molar-refractivity contribution in [1.82, 2.24) is 5.32 Å². The van der Waals surface area contributed by atoms with Gasteiger partial charge in [0.2, 0.25) is 0 Å². The lowest BCUT2D eigenvalue weighted by Crippen LogP contribution is -2.39. The quantitative estimate of drug-likeness (QED) is 0.433. The van der Waals surface area contributed by atoms with E-state index in [4.69, 9.17) is 10.2 Å².